The average molecular weight is 242 g/mol. The summed E-state index contributed by atoms with van der Waals surface area (Å²) in [4.78, 5) is 4.37. The van der Waals surface area contributed by atoms with E-state index in [2.05, 4.69) is 18.8 Å². The van der Waals surface area contributed by atoms with Crippen molar-refractivity contribution < 1.29 is 9.62 Å². The molecule has 0 aliphatic rings. The molecule has 2 heterocycles. The van der Waals surface area contributed by atoms with Crippen molar-refractivity contribution in [1.29, 1.82) is 0 Å². The highest BCUT2D eigenvalue weighted by atomic mass is 16.5. The van der Waals surface area contributed by atoms with Crippen molar-refractivity contribution in [2.45, 2.75) is 19.8 Å². The molecule has 0 atom stereocenters. The van der Waals surface area contributed by atoms with Crippen LogP contribution in [0.2, 0.25) is 0 Å². The molecule has 0 unspecified atom stereocenters. The molecule has 0 aliphatic carbocycles. The first-order valence-corrected chi connectivity index (χ1v) is 5.92. The van der Waals surface area contributed by atoms with Gasteiger partial charge in [0.25, 0.3) is 0 Å². The van der Waals surface area contributed by atoms with Crippen LogP contribution in [-0.4, -0.2) is 14.9 Å². The number of fused-ring (bicyclic) bond motifs is 1. The van der Waals surface area contributed by atoms with Crippen LogP contribution >= 0.6 is 0 Å². The number of furan rings is 1. The molecule has 0 saturated heterocycles. The summed E-state index contributed by atoms with van der Waals surface area (Å²) >= 11 is 0. The van der Waals surface area contributed by atoms with Gasteiger partial charge in [0.05, 0.1) is 11.8 Å². The van der Waals surface area contributed by atoms with Crippen LogP contribution in [0.5, 0.6) is 0 Å². The molecule has 0 aliphatic heterocycles. The summed E-state index contributed by atoms with van der Waals surface area (Å²) in [6.07, 6.45) is 1.56. The Labute approximate surface area is 104 Å². The zero-order valence-corrected chi connectivity index (χ0v) is 10.3. The standard InChI is InChI=1S/C14H14N2O2/c1-9(2)10-5-6-11-12(8-10)16(17)14(15-11)13-4-3-7-18-13/h3-9,17H,1-2H3. The second-order valence-electron chi connectivity index (χ2n) is 4.63. The number of hydrogen-bond donors (Lipinski definition) is 1. The van der Waals surface area contributed by atoms with Gasteiger partial charge in [-0.2, -0.15) is 4.73 Å². The van der Waals surface area contributed by atoms with Crippen molar-refractivity contribution in [2.24, 2.45) is 0 Å². The van der Waals surface area contributed by atoms with Crippen LogP contribution in [-0.2, 0) is 0 Å². The van der Waals surface area contributed by atoms with Gasteiger partial charge in [-0.05, 0) is 35.7 Å². The maximum atomic E-state index is 10.2. The van der Waals surface area contributed by atoms with E-state index in [-0.39, 0.29) is 0 Å². The van der Waals surface area contributed by atoms with E-state index in [4.69, 9.17) is 4.42 Å². The highest BCUT2D eigenvalue weighted by Crippen LogP contribution is 2.26. The molecule has 0 fully saturated rings. The Hall–Kier alpha value is -2.23. The maximum Gasteiger partial charge on any atom is 0.212 e. The Bertz CT molecular complexity index is 681. The van der Waals surface area contributed by atoms with Gasteiger partial charge < -0.3 is 9.62 Å². The quantitative estimate of drug-likeness (QED) is 0.698. The van der Waals surface area contributed by atoms with Crippen LogP contribution in [0.3, 0.4) is 0 Å². The van der Waals surface area contributed by atoms with Gasteiger partial charge in [0.2, 0.25) is 5.82 Å². The van der Waals surface area contributed by atoms with Crippen LogP contribution in [0.4, 0.5) is 0 Å². The molecule has 92 valence electrons. The molecule has 0 amide bonds. The molecular weight excluding hydrogens is 228 g/mol. The van der Waals surface area contributed by atoms with E-state index in [1.165, 1.54) is 5.56 Å². The molecule has 3 rings (SSSR count). The lowest BCUT2D eigenvalue weighted by Crippen LogP contribution is -1.94. The molecule has 2 aromatic heterocycles. The molecule has 0 saturated carbocycles. The van der Waals surface area contributed by atoms with Gasteiger partial charge in [0.15, 0.2) is 5.76 Å². The molecule has 4 nitrogen and oxygen atoms in total. The number of imidazole rings is 1. The summed E-state index contributed by atoms with van der Waals surface area (Å²) < 4.78 is 6.35. The van der Waals surface area contributed by atoms with E-state index in [9.17, 15) is 5.21 Å². The highest BCUT2D eigenvalue weighted by molar-refractivity contribution is 5.80. The lowest BCUT2D eigenvalue weighted by Gasteiger charge is -2.04. The number of aromatic nitrogens is 2. The summed E-state index contributed by atoms with van der Waals surface area (Å²) in [5.74, 6) is 1.40. The van der Waals surface area contributed by atoms with Gasteiger partial charge in [-0.3, -0.25) is 0 Å². The first-order chi connectivity index (χ1) is 8.66. The molecule has 0 bridgehead atoms. The molecular formula is C14H14N2O2. The normalized spacial score (nSPS) is 11.5. The number of hydrogen-bond acceptors (Lipinski definition) is 3. The zero-order valence-electron chi connectivity index (χ0n) is 10.3. The van der Waals surface area contributed by atoms with E-state index in [0.717, 1.165) is 10.2 Å². The first-order valence-electron chi connectivity index (χ1n) is 5.92. The Kier molecular flexibility index (Phi) is 2.37. The van der Waals surface area contributed by atoms with Crippen molar-refractivity contribution >= 4 is 11.0 Å². The van der Waals surface area contributed by atoms with Crippen molar-refractivity contribution in [3.05, 3.63) is 42.2 Å². The SMILES string of the molecule is CC(C)c1ccc2nc(-c3ccco3)n(O)c2c1. The summed E-state index contributed by atoms with van der Waals surface area (Å²) in [6, 6.07) is 9.46. The van der Waals surface area contributed by atoms with Crippen molar-refractivity contribution in [3.63, 3.8) is 0 Å². The fourth-order valence-corrected chi connectivity index (χ4v) is 2.00. The van der Waals surface area contributed by atoms with Gasteiger partial charge in [-0.1, -0.05) is 19.9 Å². The number of benzene rings is 1. The van der Waals surface area contributed by atoms with Crippen molar-refractivity contribution in [2.75, 3.05) is 0 Å². The summed E-state index contributed by atoms with van der Waals surface area (Å²) in [5.41, 5.74) is 2.63. The van der Waals surface area contributed by atoms with E-state index in [0.29, 0.717) is 23.0 Å². The van der Waals surface area contributed by atoms with E-state index < -0.39 is 0 Å². The highest BCUT2D eigenvalue weighted by Gasteiger charge is 2.14. The molecule has 18 heavy (non-hydrogen) atoms. The summed E-state index contributed by atoms with van der Waals surface area (Å²) in [5, 5.41) is 10.2. The predicted octanol–water partition coefficient (Wildman–Crippen LogP) is 3.66. The van der Waals surface area contributed by atoms with Crippen molar-refractivity contribution in [3.8, 4) is 11.6 Å². The third-order valence-electron chi connectivity index (χ3n) is 3.06. The van der Waals surface area contributed by atoms with Crippen molar-refractivity contribution in [1.82, 2.24) is 9.71 Å². The number of nitrogens with zero attached hydrogens (tertiary/aromatic N) is 2. The van der Waals surface area contributed by atoms with Crippen LogP contribution in [0.15, 0.2) is 41.0 Å². The molecule has 3 aromatic rings. The Morgan fingerprint density at radius 3 is 2.78 bits per heavy atom. The fourth-order valence-electron chi connectivity index (χ4n) is 2.00. The van der Waals surface area contributed by atoms with Gasteiger partial charge in [-0.15, -0.1) is 0 Å². The maximum absolute atomic E-state index is 10.2. The summed E-state index contributed by atoms with van der Waals surface area (Å²) in [7, 11) is 0. The van der Waals surface area contributed by atoms with Crippen LogP contribution in [0, 0.1) is 0 Å². The Balaban J connectivity index is 2.22. The monoisotopic (exact) mass is 242 g/mol. The van der Waals surface area contributed by atoms with Gasteiger partial charge in [0.1, 0.15) is 5.52 Å². The van der Waals surface area contributed by atoms with Gasteiger partial charge in [-0.25, -0.2) is 4.98 Å². The number of rotatable bonds is 2. The minimum atomic E-state index is 0.413. The second-order valence-corrected chi connectivity index (χ2v) is 4.63. The largest absolute Gasteiger partial charge is 0.461 e. The van der Waals surface area contributed by atoms with Gasteiger partial charge in [0, 0.05) is 0 Å². The third-order valence-corrected chi connectivity index (χ3v) is 3.06. The van der Waals surface area contributed by atoms with Crippen LogP contribution in [0.25, 0.3) is 22.6 Å². The minimum Gasteiger partial charge on any atom is -0.461 e. The first kappa shape index (κ1) is 10.9. The lowest BCUT2D eigenvalue weighted by molar-refractivity contribution is 0.201. The molecule has 1 aromatic carbocycles. The second kappa shape index (κ2) is 3.91. The minimum absolute atomic E-state index is 0.413. The summed E-state index contributed by atoms with van der Waals surface area (Å²) in [6.45, 7) is 4.24. The smallest absolute Gasteiger partial charge is 0.212 e. The Morgan fingerprint density at radius 1 is 1.28 bits per heavy atom. The molecule has 4 heteroatoms. The lowest BCUT2D eigenvalue weighted by atomic mass is 10.0. The van der Waals surface area contributed by atoms with Crippen LogP contribution < -0.4 is 0 Å². The molecule has 0 spiro atoms. The van der Waals surface area contributed by atoms with Gasteiger partial charge >= 0.3 is 0 Å². The Morgan fingerprint density at radius 2 is 2.11 bits per heavy atom. The topological polar surface area (TPSA) is 51.2 Å². The molecule has 1 N–H and O–H groups in total. The zero-order chi connectivity index (χ0) is 12.7. The van der Waals surface area contributed by atoms with E-state index in [1.807, 2.05) is 18.2 Å². The van der Waals surface area contributed by atoms with E-state index in [1.54, 1.807) is 18.4 Å². The average Bonchev–Trinajstić information content (AvgIpc) is 2.97. The van der Waals surface area contributed by atoms with Crippen LogP contribution in [0.1, 0.15) is 25.3 Å². The van der Waals surface area contributed by atoms with E-state index >= 15 is 0 Å². The fraction of sp³-hybridized carbons (Fsp3) is 0.214. The molecule has 0 radical (unpaired) electrons. The third kappa shape index (κ3) is 1.57. The predicted molar refractivity (Wildman–Crippen MR) is 68.7 cm³/mol.